The average molecular weight is 283 g/mol. The minimum Gasteiger partial charge on any atom is -0.374 e. The van der Waals surface area contributed by atoms with Crippen molar-refractivity contribution in [3.63, 3.8) is 0 Å². The van der Waals surface area contributed by atoms with Crippen molar-refractivity contribution in [2.75, 3.05) is 31.9 Å². The topological polar surface area (TPSA) is 67.1 Å². The molecule has 0 aromatic carbocycles. The van der Waals surface area contributed by atoms with Gasteiger partial charge in [0, 0.05) is 25.6 Å². The standard InChI is InChI=1S/C13H25N5S/c1-10(2)9-18-7-4-11(5-8-18)15-6-3-12-16-17-13(14)19-12/h10-11,15H,3-9H2,1-2H3,(H2,14,17). The van der Waals surface area contributed by atoms with Gasteiger partial charge < -0.3 is 16.0 Å². The van der Waals surface area contributed by atoms with Crippen molar-refractivity contribution < 1.29 is 0 Å². The molecule has 0 aliphatic carbocycles. The molecule has 0 unspecified atom stereocenters. The predicted octanol–water partition coefficient (Wildman–Crippen LogP) is 1.37. The van der Waals surface area contributed by atoms with Crippen LogP contribution in [0.1, 0.15) is 31.7 Å². The SMILES string of the molecule is CC(C)CN1CCC(NCCc2nnc(N)s2)CC1. The molecule has 6 heteroatoms. The quantitative estimate of drug-likeness (QED) is 0.825. The maximum absolute atomic E-state index is 5.57. The molecule has 2 heterocycles. The second-order valence-corrected chi connectivity index (χ2v) is 6.80. The van der Waals surface area contributed by atoms with Crippen LogP contribution < -0.4 is 11.1 Å². The van der Waals surface area contributed by atoms with Crippen LogP contribution in [0.25, 0.3) is 0 Å². The van der Waals surface area contributed by atoms with E-state index < -0.39 is 0 Å². The summed E-state index contributed by atoms with van der Waals surface area (Å²) >= 11 is 1.49. The van der Waals surface area contributed by atoms with Crippen LogP contribution in [0.3, 0.4) is 0 Å². The Kier molecular flexibility index (Phi) is 5.54. The number of nitrogens with two attached hydrogens (primary N) is 1. The minimum atomic E-state index is 0.567. The number of nitrogens with zero attached hydrogens (tertiary/aromatic N) is 3. The van der Waals surface area contributed by atoms with E-state index in [1.54, 1.807) is 0 Å². The van der Waals surface area contributed by atoms with Gasteiger partial charge in [0.2, 0.25) is 5.13 Å². The van der Waals surface area contributed by atoms with Crippen molar-refractivity contribution in [1.29, 1.82) is 0 Å². The Morgan fingerprint density at radius 3 is 2.68 bits per heavy atom. The Balaban J connectivity index is 1.60. The third kappa shape index (κ3) is 5.04. The molecule has 0 bridgehead atoms. The molecule has 0 atom stereocenters. The third-order valence-electron chi connectivity index (χ3n) is 3.47. The van der Waals surface area contributed by atoms with Gasteiger partial charge in [-0.2, -0.15) is 0 Å². The molecule has 0 radical (unpaired) electrons. The van der Waals surface area contributed by atoms with Crippen LogP contribution in [0, 0.1) is 5.92 Å². The van der Waals surface area contributed by atoms with Gasteiger partial charge >= 0.3 is 0 Å². The van der Waals surface area contributed by atoms with Gasteiger partial charge in [-0.3, -0.25) is 0 Å². The molecule has 1 fully saturated rings. The first-order chi connectivity index (χ1) is 9.13. The highest BCUT2D eigenvalue weighted by molar-refractivity contribution is 7.15. The molecule has 1 saturated heterocycles. The number of aromatic nitrogens is 2. The lowest BCUT2D eigenvalue weighted by atomic mass is 10.0. The van der Waals surface area contributed by atoms with Crippen molar-refractivity contribution in [2.45, 2.75) is 39.2 Å². The number of nitrogens with one attached hydrogen (secondary N) is 1. The monoisotopic (exact) mass is 283 g/mol. The fourth-order valence-electron chi connectivity index (χ4n) is 2.59. The van der Waals surface area contributed by atoms with Crippen molar-refractivity contribution in [3.05, 3.63) is 5.01 Å². The summed E-state index contributed by atoms with van der Waals surface area (Å²) in [4.78, 5) is 2.58. The molecular formula is C13H25N5S. The lowest BCUT2D eigenvalue weighted by molar-refractivity contribution is 0.180. The highest BCUT2D eigenvalue weighted by atomic mass is 32.1. The van der Waals surface area contributed by atoms with Crippen molar-refractivity contribution in [1.82, 2.24) is 20.4 Å². The molecule has 3 N–H and O–H groups in total. The molecule has 19 heavy (non-hydrogen) atoms. The third-order valence-corrected chi connectivity index (χ3v) is 4.28. The van der Waals surface area contributed by atoms with Crippen molar-refractivity contribution in [3.8, 4) is 0 Å². The summed E-state index contributed by atoms with van der Waals surface area (Å²) in [5, 5.41) is 13.1. The Bertz CT molecular complexity index is 371. The number of anilines is 1. The zero-order valence-electron chi connectivity index (χ0n) is 11.9. The molecule has 1 aromatic heterocycles. The van der Waals surface area contributed by atoms with Crippen LogP contribution in [-0.4, -0.2) is 47.3 Å². The number of nitrogen functional groups attached to an aromatic ring is 1. The predicted molar refractivity (Wildman–Crippen MR) is 80.3 cm³/mol. The van der Waals surface area contributed by atoms with E-state index in [0.717, 1.165) is 23.9 Å². The van der Waals surface area contributed by atoms with E-state index in [0.29, 0.717) is 11.2 Å². The van der Waals surface area contributed by atoms with Gasteiger partial charge in [0.1, 0.15) is 5.01 Å². The summed E-state index contributed by atoms with van der Waals surface area (Å²) in [7, 11) is 0. The molecule has 108 valence electrons. The Morgan fingerprint density at radius 2 is 2.11 bits per heavy atom. The molecule has 1 aliphatic heterocycles. The van der Waals surface area contributed by atoms with Crippen LogP contribution >= 0.6 is 11.3 Å². The first-order valence-electron chi connectivity index (χ1n) is 7.17. The number of rotatable bonds is 6. The van der Waals surface area contributed by atoms with E-state index in [-0.39, 0.29) is 0 Å². The minimum absolute atomic E-state index is 0.567. The average Bonchev–Trinajstić information content (AvgIpc) is 2.77. The smallest absolute Gasteiger partial charge is 0.203 e. The summed E-state index contributed by atoms with van der Waals surface area (Å²) in [5.41, 5.74) is 5.57. The van der Waals surface area contributed by atoms with Gasteiger partial charge in [-0.1, -0.05) is 25.2 Å². The van der Waals surface area contributed by atoms with E-state index in [2.05, 4.69) is 34.3 Å². The molecular weight excluding hydrogens is 258 g/mol. The molecule has 1 aromatic rings. The summed E-state index contributed by atoms with van der Waals surface area (Å²) < 4.78 is 0. The number of likely N-dealkylation sites (tertiary alicyclic amines) is 1. The van der Waals surface area contributed by atoms with Gasteiger partial charge in [-0.15, -0.1) is 10.2 Å². The summed E-state index contributed by atoms with van der Waals surface area (Å²) in [6, 6.07) is 0.661. The van der Waals surface area contributed by atoms with Crippen molar-refractivity contribution >= 4 is 16.5 Å². The van der Waals surface area contributed by atoms with Crippen LogP contribution in [0.2, 0.25) is 0 Å². The Labute approximate surface area is 119 Å². The van der Waals surface area contributed by atoms with E-state index in [1.807, 2.05) is 0 Å². The van der Waals surface area contributed by atoms with E-state index >= 15 is 0 Å². The zero-order chi connectivity index (χ0) is 13.7. The van der Waals surface area contributed by atoms with Crippen LogP contribution in [0.4, 0.5) is 5.13 Å². The number of piperidine rings is 1. The van der Waals surface area contributed by atoms with Crippen LogP contribution in [0.15, 0.2) is 0 Å². The summed E-state index contributed by atoms with van der Waals surface area (Å²) in [6.07, 6.45) is 3.44. The first-order valence-corrected chi connectivity index (χ1v) is 7.98. The molecule has 1 aliphatic rings. The number of hydrogen-bond acceptors (Lipinski definition) is 6. The van der Waals surface area contributed by atoms with E-state index in [9.17, 15) is 0 Å². The van der Waals surface area contributed by atoms with Crippen molar-refractivity contribution in [2.24, 2.45) is 5.92 Å². The first kappa shape index (κ1) is 14.7. The lowest BCUT2D eigenvalue weighted by Gasteiger charge is -2.33. The lowest BCUT2D eigenvalue weighted by Crippen LogP contribution is -2.44. The molecule has 0 spiro atoms. The van der Waals surface area contributed by atoms with Crippen LogP contribution in [0.5, 0.6) is 0 Å². The van der Waals surface area contributed by atoms with Gasteiger partial charge in [-0.25, -0.2) is 0 Å². The second kappa shape index (κ2) is 7.17. The van der Waals surface area contributed by atoms with Gasteiger partial charge in [-0.05, 0) is 31.8 Å². The van der Waals surface area contributed by atoms with Gasteiger partial charge in [0.05, 0.1) is 0 Å². The Morgan fingerprint density at radius 1 is 1.37 bits per heavy atom. The van der Waals surface area contributed by atoms with Gasteiger partial charge in [0.25, 0.3) is 0 Å². The maximum atomic E-state index is 5.57. The van der Waals surface area contributed by atoms with Crippen LogP contribution in [-0.2, 0) is 6.42 Å². The summed E-state index contributed by atoms with van der Waals surface area (Å²) in [6.45, 7) is 9.24. The zero-order valence-corrected chi connectivity index (χ0v) is 12.7. The highest BCUT2D eigenvalue weighted by Crippen LogP contribution is 2.13. The largest absolute Gasteiger partial charge is 0.374 e. The molecule has 0 amide bonds. The van der Waals surface area contributed by atoms with E-state index in [4.69, 9.17) is 5.73 Å². The normalized spacial score (nSPS) is 18.3. The molecule has 0 saturated carbocycles. The molecule has 5 nitrogen and oxygen atoms in total. The number of hydrogen-bond donors (Lipinski definition) is 2. The second-order valence-electron chi connectivity index (χ2n) is 5.71. The fraction of sp³-hybridized carbons (Fsp3) is 0.846. The maximum Gasteiger partial charge on any atom is 0.203 e. The highest BCUT2D eigenvalue weighted by Gasteiger charge is 2.18. The van der Waals surface area contributed by atoms with E-state index in [1.165, 1.54) is 43.8 Å². The molecule has 2 rings (SSSR count). The van der Waals surface area contributed by atoms with Gasteiger partial charge in [0.15, 0.2) is 0 Å². The summed E-state index contributed by atoms with van der Waals surface area (Å²) in [5.74, 6) is 0.771. The fourth-order valence-corrected chi connectivity index (χ4v) is 3.20. The Hall–Kier alpha value is -0.720.